The molecule has 4 aromatic carbocycles. The van der Waals surface area contributed by atoms with Gasteiger partial charge in [0.15, 0.2) is 0 Å². The summed E-state index contributed by atoms with van der Waals surface area (Å²) >= 11 is 0. The molecule has 322 valence electrons. The number of carbonyl (C=O) groups is 4. The van der Waals surface area contributed by atoms with Crippen molar-refractivity contribution in [3.63, 3.8) is 0 Å². The summed E-state index contributed by atoms with van der Waals surface area (Å²) in [5.74, 6) is -1.83. The fourth-order valence-electron chi connectivity index (χ4n) is 3.52. The molecule has 0 aliphatic heterocycles. The van der Waals surface area contributed by atoms with Crippen molar-refractivity contribution in [2.45, 2.75) is 0 Å². The van der Waals surface area contributed by atoms with Gasteiger partial charge in [-0.05, 0) is 95.1 Å². The molecular weight excluding hydrogens is 856 g/mol. The molecular formula is C40H48Cu2N4O12. The van der Waals surface area contributed by atoms with Crippen molar-refractivity contribution in [1.82, 2.24) is 24.6 Å². The van der Waals surface area contributed by atoms with Crippen LogP contribution in [0.4, 0.5) is 0 Å². The Bertz CT molecular complexity index is 1550. The van der Waals surface area contributed by atoms with Gasteiger partial charge in [-0.25, -0.2) is 0 Å². The number of hydrogen-bond donors (Lipinski definition) is 4. The van der Waals surface area contributed by atoms with Gasteiger partial charge in [0.25, 0.3) is 0 Å². The minimum Gasteiger partial charge on any atom is -0.545 e. The first-order chi connectivity index (χ1) is 24.9. The third-order valence-corrected chi connectivity index (χ3v) is 6.11. The summed E-state index contributed by atoms with van der Waals surface area (Å²) in [6, 6.07) is 28.2. The van der Waals surface area contributed by atoms with Gasteiger partial charge in [0, 0.05) is 0 Å². The third-order valence-electron chi connectivity index (χ3n) is 6.11. The van der Waals surface area contributed by atoms with Crippen molar-refractivity contribution in [3.05, 3.63) is 144 Å². The average Bonchev–Trinajstić information content (AvgIpc) is 3.16. The quantitative estimate of drug-likeness (QED) is 0.117. The smallest absolute Gasteiger partial charge is 0.545 e. The van der Waals surface area contributed by atoms with E-state index in [1.54, 1.807) is 126 Å². The molecule has 0 aliphatic rings. The Morgan fingerprint density at radius 1 is 0.345 bits per heavy atom. The van der Waals surface area contributed by atoms with E-state index in [0.717, 1.165) is 69.6 Å². The van der Waals surface area contributed by atoms with Gasteiger partial charge < -0.3 is 83.2 Å². The number of rotatable bonds is 12. The zero-order valence-electron chi connectivity index (χ0n) is 32.2. The standard InChI is InChI=1S/4C10H10O3.2Cu.4H3N/c4*1-13-9-5-2-8(3-6-9)4-7-10(11)12;;;;;;/h4*2-7H,1H3,(H,11,12);;;4*1H3/q;;;;2*+2;;;;/p-4/b4*7-4+;;;;;;. The van der Waals surface area contributed by atoms with Crippen LogP contribution in [0, 0.1) is 0 Å². The Morgan fingerprint density at radius 3 is 0.586 bits per heavy atom. The summed E-state index contributed by atoms with van der Waals surface area (Å²) in [7, 11) is 6.30. The minimum atomic E-state index is -1.20. The van der Waals surface area contributed by atoms with Crippen LogP contribution in [-0.4, -0.2) is 52.3 Å². The van der Waals surface area contributed by atoms with Gasteiger partial charge in [-0.15, -0.1) is 0 Å². The molecule has 0 saturated heterocycles. The van der Waals surface area contributed by atoms with E-state index in [4.69, 9.17) is 18.9 Å². The molecule has 0 amide bonds. The maximum atomic E-state index is 10.1. The first-order valence-electron chi connectivity index (χ1n) is 15.0. The largest absolute Gasteiger partial charge is 2.00 e. The van der Waals surface area contributed by atoms with Gasteiger partial charge in [-0.2, -0.15) is 0 Å². The summed E-state index contributed by atoms with van der Waals surface area (Å²) in [6.45, 7) is 0. The number of carboxylic acid groups (broad SMARTS) is 4. The predicted octanol–water partition coefficient (Wildman–Crippen LogP) is 2.48. The van der Waals surface area contributed by atoms with Crippen LogP contribution < -0.4 is 64.0 Å². The van der Waals surface area contributed by atoms with Crippen molar-refractivity contribution in [2.75, 3.05) is 28.4 Å². The molecule has 0 heterocycles. The molecule has 0 unspecified atom stereocenters. The number of aliphatic carboxylic acids is 4. The van der Waals surface area contributed by atoms with Crippen molar-refractivity contribution in [2.24, 2.45) is 0 Å². The van der Waals surface area contributed by atoms with Crippen LogP contribution in [0.1, 0.15) is 22.3 Å². The van der Waals surface area contributed by atoms with Gasteiger partial charge >= 0.3 is 34.1 Å². The number of hydrogen-bond acceptors (Lipinski definition) is 16. The second kappa shape index (κ2) is 37.7. The number of carboxylic acids is 4. The summed E-state index contributed by atoms with van der Waals surface area (Å²) in [4.78, 5) is 40.3. The Labute approximate surface area is 359 Å². The summed E-state index contributed by atoms with van der Waals surface area (Å²) in [5.41, 5.74) is 3.19. The first kappa shape index (κ1) is 63.7. The van der Waals surface area contributed by atoms with E-state index < -0.39 is 23.9 Å². The first-order valence-corrected chi connectivity index (χ1v) is 15.0. The molecule has 18 heteroatoms. The van der Waals surface area contributed by atoms with E-state index in [1.807, 2.05) is 0 Å². The van der Waals surface area contributed by atoms with Gasteiger partial charge in [-0.1, -0.05) is 72.8 Å². The second-order valence-electron chi connectivity index (χ2n) is 9.70. The maximum Gasteiger partial charge on any atom is 2.00 e. The summed E-state index contributed by atoms with van der Waals surface area (Å²) < 4.78 is 19.8. The molecule has 4 aromatic rings. The summed E-state index contributed by atoms with van der Waals surface area (Å²) in [5, 5.41) is 40.3. The molecule has 16 nitrogen and oxygen atoms in total. The van der Waals surface area contributed by atoms with Crippen LogP contribution >= 0.6 is 0 Å². The van der Waals surface area contributed by atoms with Crippen LogP contribution in [0.3, 0.4) is 0 Å². The normalized spacial score (nSPS) is 9.17. The fraction of sp³-hybridized carbons (Fsp3) is 0.100. The Kier molecular flexibility index (Phi) is 41.4. The van der Waals surface area contributed by atoms with Gasteiger partial charge in [0.05, 0.1) is 52.3 Å². The molecule has 0 saturated carbocycles. The topological polar surface area (TPSA) is 337 Å². The monoisotopic (exact) mass is 902 g/mol. The van der Waals surface area contributed by atoms with Crippen molar-refractivity contribution in [1.29, 1.82) is 0 Å². The third kappa shape index (κ3) is 31.1. The van der Waals surface area contributed by atoms with Crippen molar-refractivity contribution >= 4 is 48.2 Å². The number of methoxy groups -OCH3 is 4. The van der Waals surface area contributed by atoms with E-state index in [9.17, 15) is 39.6 Å². The zero-order chi connectivity index (χ0) is 38.7. The predicted molar refractivity (Wildman–Crippen MR) is 208 cm³/mol. The van der Waals surface area contributed by atoms with Crippen LogP contribution in [0.2, 0.25) is 0 Å². The molecule has 0 spiro atoms. The minimum absolute atomic E-state index is 0. The molecule has 0 fully saturated rings. The van der Waals surface area contributed by atoms with Gasteiger partial charge in [0.2, 0.25) is 0 Å². The Hall–Kier alpha value is -6.20. The number of carbonyl (C=O) groups excluding carboxylic acids is 4. The molecule has 2 radical (unpaired) electrons. The van der Waals surface area contributed by atoms with Gasteiger partial charge in [-0.3, -0.25) is 0 Å². The Balaban J connectivity index is -0.000000150. The van der Waals surface area contributed by atoms with E-state index in [1.165, 1.54) is 24.3 Å². The van der Waals surface area contributed by atoms with E-state index in [2.05, 4.69) is 0 Å². The molecule has 12 N–H and O–H groups in total. The molecule has 0 aromatic heterocycles. The van der Waals surface area contributed by atoms with Crippen LogP contribution in [0.15, 0.2) is 121 Å². The molecule has 0 aliphatic carbocycles. The molecule has 0 bridgehead atoms. The summed E-state index contributed by atoms with van der Waals surface area (Å²) in [6.07, 6.45) is 9.82. The molecule has 0 atom stereocenters. The van der Waals surface area contributed by atoms with Crippen molar-refractivity contribution < 1.29 is 92.7 Å². The van der Waals surface area contributed by atoms with Crippen LogP contribution in [-0.2, 0) is 53.3 Å². The molecule has 4 rings (SSSR count). The second-order valence-corrected chi connectivity index (χ2v) is 9.70. The average molecular weight is 904 g/mol. The van der Waals surface area contributed by atoms with Crippen LogP contribution in [0.5, 0.6) is 23.0 Å². The SMILES string of the molecule is COc1ccc(/C=C/C(=O)[O-])cc1.COc1ccc(/C=C/C(=O)[O-])cc1.COc1ccc(/C=C/C(=O)[O-])cc1.COc1ccc(/C=C/C(=O)[O-])cc1.N.N.N.N.[Cu+2].[Cu+2]. The number of ether oxygens (including phenoxy) is 4. The van der Waals surface area contributed by atoms with Crippen LogP contribution in [0.25, 0.3) is 24.3 Å². The van der Waals surface area contributed by atoms with Gasteiger partial charge in [0.1, 0.15) is 23.0 Å². The van der Waals surface area contributed by atoms with Crippen molar-refractivity contribution in [3.8, 4) is 23.0 Å². The number of benzene rings is 4. The molecule has 58 heavy (non-hydrogen) atoms. The van der Waals surface area contributed by atoms with E-state index >= 15 is 0 Å². The van der Waals surface area contributed by atoms with E-state index in [-0.39, 0.29) is 58.7 Å². The zero-order valence-corrected chi connectivity index (χ0v) is 34.1. The Morgan fingerprint density at radius 2 is 0.483 bits per heavy atom. The fourth-order valence-corrected chi connectivity index (χ4v) is 3.52. The van der Waals surface area contributed by atoms with E-state index in [0.29, 0.717) is 0 Å². The maximum absolute atomic E-state index is 10.1.